The molecule has 104 valence electrons. The van der Waals surface area contributed by atoms with Crippen LogP contribution < -0.4 is 10.2 Å². The molecule has 1 unspecified atom stereocenters. The fraction of sp³-hybridized carbons (Fsp3) is 0.571. The van der Waals surface area contributed by atoms with E-state index in [0.717, 1.165) is 12.6 Å². The first-order chi connectivity index (χ1) is 9.01. The van der Waals surface area contributed by atoms with Crippen molar-refractivity contribution in [3.63, 3.8) is 0 Å². The molecule has 1 aliphatic carbocycles. The predicted octanol–water partition coefficient (Wildman–Crippen LogP) is 2.68. The first kappa shape index (κ1) is 12.8. The molecular formula is C14H17F3N2. The average molecular weight is 270 g/mol. The van der Waals surface area contributed by atoms with Crippen LogP contribution in [0.5, 0.6) is 0 Å². The normalized spacial score (nSPS) is 27.7. The first-order valence-electron chi connectivity index (χ1n) is 6.65. The minimum Gasteiger partial charge on any atom is -0.366 e. The highest BCUT2D eigenvalue weighted by molar-refractivity contribution is 5.49. The molecule has 1 heterocycles. The topological polar surface area (TPSA) is 15.3 Å². The SMILES string of the molecule is CC1(C2CC2)CN(c2ccc(F)c(F)c2F)CCN1. The van der Waals surface area contributed by atoms with Crippen molar-refractivity contribution in [1.29, 1.82) is 0 Å². The summed E-state index contributed by atoms with van der Waals surface area (Å²) in [6.07, 6.45) is 2.36. The van der Waals surface area contributed by atoms with Crippen molar-refractivity contribution in [3.8, 4) is 0 Å². The maximum Gasteiger partial charge on any atom is 0.196 e. The lowest BCUT2D eigenvalue weighted by atomic mass is 9.92. The van der Waals surface area contributed by atoms with Gasteiger partial charge in [0.1, 0.15) is 0 Å². The van der Waals surface area contributed by atoms with E-state index < -0.39 is 17.5 Å². The predicted molar refractivity (Wildman–Crippen MR) is 67.7 cm³/mol. The van der Waals surface area contributed by atoms with Crippen LogP contribution in [0.4, 0.5) is 18.9 Å². The Morgan fingerprint density at radius 2 is 1.95 bits per heavy atom. The number of benzene rings is 1. The second kappa shape index (κ2) is 4.40. The maximum absolute atomic E-state index is 13.8. The molecule has 3 rings (SSSR count). The van der Waals surface area contributed by atoms with Crippen molar-refractivity contribution in [3.05, 3.63) is 29.6 Å². The molecule has 1 aliphatic heterocycles. The lowest BCUT2D eigenvalue weighted by molar-refractivity contribution is 0.283. The van der Waals surface area contributed by atoms with Gasteiger partial charge in [-0.3, -0.25) is 0 Å². The van der Waals surface area contributed by atoms with Gasteiger partial charge in [-0.2, -0.15) is 0 Å². The number of hydrogen-bond donors (Lipinski definition) is 1. The molecule has 0 spiro atoms. The quantitative estimate of drug-likeness (QED) is 0.831. The molecule has 0 bridgehead atoms. The summed E-state index contributed by atoms with van der Waals surface area (Å²) >= 11 is 0. The molecule has 1 aromatic rings. The van der Waals surface area contributed by atoms with Crippen LogP contribution >= 0.6 is 0 Å². The van der Waals surface area contributed by atoms with Crippen LogP contribution in [-0.4, -0.2) is 25.2 Å². The number of anilines is 1. The molecule has 0 radical (unpaired) electrons. The van der Waals surface area contributed by atoms with E-state index in [9.17, 15) is 13.2 Å². The molecule has 2 fully saturated rings. The molecule has 0 amide bonds. The van der Waals surface area contributed by atoms with E-state index in [1.54, 1.807) is 0 Å². The molecule has 1 saturated carbocycles. The van der Waals surface area contributed by atoms with E-state index in [1.807, 2.05) is 4.90 Å². The van der Waals surface area contributed by atoms with Gasteiger partial charge in [-0.1, -0.05) is 0 Å². The molecule has 2 nitrogen and oxygen atoms in total. The van der Waals surface area contributed by atoms with Gasteiger partial charge in [0.25, 0.3) is 0 Å². The van der Waals surface area contributed by atoms with Crippen LogP contribution in [0.25, 0.3) is 0 Å². The molecule has 1 N–H and O–H groups in total. The zero-order valence-electron chi connectivity index (χ0n) is 10.8. The molecule has 1 atom stereocenters. The van der Waals surface area contributed by atoms with Gasteiger partial charge in [0, 0.05) is 25.2 Å². The van der Waals surface area contributed by atoms with Crippen LogP contribution in [0.3, 0.4) is 0 Å². The first-order valence-corrected chi connectivity index (χ1v) is 6.65. The van der Waals surface area contributed by atoms with E-state index in [0.29, 0.717) is 19.0 Å². The second-order valence-corrected chi connectivity index (χ2v) is 5.73. The lowest BCUT2D eigenvalue weighted by Crippen LogP contribution is -2.60. The largest absolute Gasteiger partial charge is 0.366 e. The van der Waals surface area contributed by atoms with Gasteiger partial charge in [-0.15, -0.1) is 0 Å². The highest BCUT2D eigenvalue weighted by Gasteiger charge is 2.44. The van der Waals surface area contributed by atoms with E-state index in [-0.39, 0.29) is 11.2 Å². The third kappa shape index (κ3) is 2.20. The van der Waals surface area contributed by atoms with Gasteiger partial charge in [0.05, 0.1) is 5.69 Å². The number of nitrogens with one attached hydrogen (secondary N) is 1. The van der Waals surface area contributed by atoms with Crippen molar-refractivity contribution >= 4 is 5.69 Å². The van der Waals surface area contributed by atoms with Gasteiger partial charge in [-0.25, -0.2) is 13.2 Å². The minimum atomic E-state index is -1.39. The van der Waals surface area contributed by atoms with Crippen molar-refractivity contribution in [1.82, 2.24) is 5.32 Å². The number of nitrogens with zero attached hydrogens (tertiary/aromatic N) is 1. The standard InChI is InChI=1S/C14H17F3N2/c1-14(9-2-3-9)8-19(7-6-18-14)11-5-4-10(15)12(16)13(11)17/h4-5,9,18H,2-3,6-8H2,1H3. The van der Waals surface area contributed by atoms with Crippen molar-refractivity contribution < 1.29 is 13.2 Å². The van der Waals surface area contributed by atoms with E-state index >= 15 is 0 Å². The monoisotopic (exact) mass is 270 g/mol. The number of rotatable bonds is 2. The van der Waals surface area contributed by atoms with Crippen LogP contribution in [-0.2, 0) is 0 Å². The Balaban J connectivity index is 1.87. The highest BCUT2D eigenvalue weighted by Crippen LogP contribution is 2.41. The van der Waals surface area contributed by atoms with Crippen LogP contribution in [0, 0.1) is 23.4 Å². The fourth-order valence-corrected chi connectivity index (χ4v) is 2.97. The Morgan fingerprint density at radius 1 is 1.21 bits per heavy atom. The average Bonchev–Trinajstić information content (AvgIpc) is 3.21. The maximum atomic E-state index is 13.8. The van der Waals surface area contributed by atoms with E-state index in [1.165, 1.54) is 18.9 Å². The van der Waals surface area contributed by atoms with E-state index in [2.05, 4.69) is 12.2 Å². The Bertz CT molecular complexity index is 502. The Hall–Kier alpha value is -1.23. The summed E-state index contributed by atoms with van der Waals surface area (Å²) in [5.74, 6) is -3.01. The van der Waals surface area contributed by atoms with Gasteiger partial charge in [0.2, 0.25) is 0 Å². The van der Waals surface area contributed by atoms with Crippen LogP contribution in [0.1, 0.15) is 19.8 Å². The van der Waals surface area contributed by atoms with Crippen LogP contribution in [0.15, 0.2) is 12.1 Å². The molecule has 2 aliphatic rings. The van der Waals surface area contributed by atoms with Gasteiger partial charge in [-0.05, 0) is 37.8 Å². The van der Waals surface area contributed by atoms with Gasteiger partial charge >= 0.3 is 0 Å². The molecule has 1 aromatic carbocycles. The lowest BCUT2D eigenvalue weighted by Gasteiger charge is -2.43. The summed E-state index contributed by atoms with van der Waals surface area (Å²) in [7, 11) is 0. The smallest absolute Gasteiger partial charge is 0.196 e. The summed E-state index contributed by atoms with van der Waals surface area (Å²) in [6.45, 7) is 4.07. The molecular weight excluding hydrogens is 253 g/mol. The van der Waals surface area contributed by atoms with E-state index in [4.69, 9.17) is 0 Å². The number of piperazine rings is 1. The van der Waals surface area contributed by atoms with Crippen LogP contribution in [0.2, 0.25) is 0 Å². The Kier molecular flexibility index (Phi) is 2.96. The third-order valence-electron chi connectivity index (χ3n) is 4.26. The minimum absolute atomic E-state index is 0.0600. The number of hydrogen-bond acceptors (Lipinski definition) is 2. The third-order valence-corrected chi connectivity index (χ3v) is 4.26. The van der Waals surface area contributed by atoms with Crippen molar-refractivity contribution in [2.24, 2.45) is 5.92 Å². The van der Waals surface area contributed by atoms with Gasteiger partial charge in [0.15, 0.2) is 17.5 Å². The Labute approximate surface area is 110 Å². The fourth-order valence-electron chi connectivity index (χ4n) is 2.97. The summed E-state index contributed by atoms with van der Waals surface area (Å²) in [5, 5.41) is 3.47. The molecule has 0 aromatic heterocycles. The highest BCUT2D eigenvalue weighted by atomic mass is 19.2. The summed E-state index contributed by atoms with van der Waals surface area (Å²) in [5.41, 5.74) is 0.0995. The summed E-state index contributed by atoms with van der Waals surface area (Å²) in [6, 6.07) is 2.32. The molecule has 19 heavy (non-hydrogen) atoms. The molecule has 5 heteroatoms. The summed E-state index contributed by atoms with van der Waals surface area (Å²) in [4.78, 5) is 1.81. The van der Waals surface area contributed by atoms with Gasteiger partial charge < -0.3 is 10.2 Å². The molecule has 1 saturated heterocycles. The second-order valence-electron chi connectivity index (χ2n) is 5.73. The zero-order valence-corrected chi connectivity index (χ0v) is 10.8. The Morgan fingerprint density at radius 3 is 2.63 bits per heavy atom. The summed E-state index contributed by atoms with van der Waals surface area (Å²) < 4.78 is 40.1. The zero-order chi connectivity index (χ0) is 13.6. The number of halogens is 3. The van der Waals surface area contributed by atoms with Crippen molar-refractivity contribution in [2.45, 2.75) is 25.3 Å². The van der Waals surface area contributed by atoms with Crippen molar-refractivity contribution in [2.75, 3.05) is 24.5 Å².